The summed E-state index contributed by atoms with van der Waals surface area (Å²) in [4.78, 5) is 10.2. The molecule has 1 aromatic carbocycles. The zero-order chi connectivity index (χ0) is 12.5. The molecule has 0 fully saturated rings. The molecule has 2 heterocycles. The molecule has 90 valence electrons. The lowest BCUT2D eigenvalue weighted by Crippen LogP contribution is -2.01. The molecule has 4 heteroatoms. The Balaban J connectivity index is 2.02. The quantitative estimate of drug-likeness (QED) is 0.765. The van der Waals surface area contributed by atoms with Crippen LogP contribution in [0.5, 0.6) is 0 Å². The minimum absolute atomic E-state index is 0.559. The van der Waals surface area contributed by atoms with Crippen LogP contribution in [0, 0.1) is 6.92 Å². The Labute approximate surface area is 109 Å². The van der Waals surface area contributed by atoms with Crippen LogP contribution in [0.4, 0.5) is 5.82 Å². The molecular formula is C14H13N3S. The second-order valence-corrected chi connectivity index (χ2v) is 5.31. The standard InChI is InChI=1S/C14H13N3S/c1-9-6-10(18-8-9)7-13-16-12-5-3-2-4-11(12)14(15)17-13/h2-6,8H,7H2,1H3,(H2,15,16,17). The molecule has 3 nitrogen and oxygen atoms in total. The van der Waals surface area contributed by atoms with Crippen molar-refractivity contribution in [2.75, 3.05) is 5.73 Å². The van der Waals surface area contributed by atoms with Crippen molar-refractivity contribution < 1.29 is 0 Å². The highest BCUT2D eigenvalue weighted by molar-refractivity contribution is 7.10. The fourth-order valence-corrected chi connectivity index (χ4v) is 2.84. The third kappa shape index (κ3) is 2.07. The normalized spacial score (nSPS) is 10.9. The second-order valence-electron chi connectivity index (χ2n) is 4.31. The number of hydrogen-bond donors (Lipinski definition) is 1. The summed E-state index contributed by atoms with van der Waals surface area (Å²) >= 11 is 1.73. The van der Waals surface area contributed by atoms with Crippen molar-refractivity contribution in [3.8, 4) is 0 Å². The first-order valence-corrected chi connectivity index (χ1v) is 6.65. The Morgan fingerprint density at radius 2 is 2.06 bits per heavy atom. The fourth-order valence-electron chi connectivity index (χ4n) is 1.97. The number of fused-ring (bicyclic) bond motifs is 1. The number of aromatic nitrogens is 2. The van der Waals surface area contributed by atoms with Crippen LogP contribution in [0.25, 0.3) is 10.9 Å². The third-order valence-electron chi connectivity index (χ3n) is 2.80. The third-order valence-corrected chi connectivity index (χ3v) is 3.85. The first-order valence-electron chi connectivity index (χ1n) is 5.77. The van der Waals surface area contributed by atoms with Crippen molar-refractivity contribution in [1.29, 1.82) is 0 Å². The number of anilines is 1. The topological polar surface area (TPSA) is 51.8 Å². The van der Waals surface area contributed by atoms with Crippen molar-refractivity contribution in [2.24, 2.45) is 0 Å². The van der Waals surface area contributed by atoms with Gasteiger partial charge >= 0.3 is 0 Å². The summed E-state index contributed by atoms with van der Waals surface area (Å²) in [6, 6.07) is 10.00. The van der Waals surface area contributed by atoms with E-state index in [9.17, 15) is 0 Å². The highest BCUT2D eigenvalue weighted by Crippen LogP contribution is 2.20. The van der Waals surface area contributed by atoms with Gasteiger partial charge in [-0.25, -0.2) is 9.97 Å². The predicted molar refractivity (Wildman–Crippen MR) is 75.8 cm³/mol. The largest absolute Gasteiger partial charge is 0.383 e. The van der Waals surface area contributed by atoms with Gasteiger partial charge < -0.3 is 5.73 Å². The molecule has 0 aliphatic carbocycles. The van der Waals surface area contributed by atoms with E-state index in [4.69, 9.17) is 5.73 Å². The monoisotopic (exact) mass is 255 g/mol. The summed E-state index contributed by atoms with van der Waals surface area (Å²) in [6.07, 6.45) is 0.744. The summed E-state index contributed by atoms with van der Waals surface area (Å²) in [5.74, 6) is 1.34. The van der Waals surface area contributed by atoms with E-state index in [2.05, 4.69) is 28.3 Å². The number of hydrogen-bond acceptors (Lipinski definition) is 4. The van der Waals surface area contributed by atoms with Crippen LogP contribution in [0.2, 0.25) is 0 Å². The van der Waals surface area contributed by atoms with E-state index in [-0.39, 0.29) is 0 Å². The molecule has 0 spiro atoms. The van der Waals surface area contributed by atoms with E-state index in [0.717, 1.165) is 23.1 Å². The van der Waals surface area contributed by atoms with Gasteiger partial charge in [-0.05, 0) is 36.1 Å². The van der Waals surface area contributed by atoms with E-state index in [1.54, 1.807) is 11.3 Å². The van der Waals surface area contributed by atoms with Crippen LogP contribution in [0.15, 0.2) is 35.7 Å². The van der Waals surface area contributed by atoms with Gasteiger partial charge in [0.15, 0.2) is 0 Å². The van der Waals surface area contributed by atoms with Gasteiger partial charge in [-0.15, -0.1) is 11.3 Å². The first-order chi connectivity index (χ1) is 8.72. The van der Waals surface area contributed by atoms with Gasteiger partial charge in [0.05, 0.1) is 5.52 Å². The summed E-state index contributed by atoms with van der Waals surface area (Å²) in [7, 11) is 0. The molecule has 3 rings (SSSR count). The molecule has 0 atom stereocenters. The second kappa shape index (κ2) is 4.38. The number of nitrogen functional groups attached to an aromatic ring is 1. The van der Waals surface area contributed by atoms with Gasteiger partial charge in [-0.3, -0.25) is 0 Å². The Morgan fingerprint density at radius 1 is 1.22 bits per heavy atom. The molecule has 2 N–H and O–H groups in total. The predicted octanol–water partition coefficient (Wildman–Crippen LogP) is 3.17. The van der Waals surface area contributed by atoms with Crippen LogP contribution < -0.4 is 5.73 Å². The Hall–Kier alpha value is -1.94. The SMILES string of the molecule is Cc1csc(Cc2nc(N)c3ccccc3n2)c1. The van der Waals surface area contributed by atoms with Gasteiger partial charge in [0.25, 0.3) is 0 Å². The van der Waals surface area contributed by atoms with Gasteiger partial charge in [-0.1, -0.05) is 12.1 Å². The van der Waals surface area contributed by atoms with Crippen molar-refractivity contribution in [3.63, 3.8) is 0 Å². The van der Waals surface area contributed by atoms with Crippen molar-refractivity contribution in [3.05, 3.63) is 52.0 Å². The summed E-state index contributed by atoms with van der Waals surface area (Å²) < 4.78 is 0. The summed E-state index contributed by atoms with van der Waals surface area (Å²) in [6.45, 7) is 2.09. The van der Waals surface area contributed by atoms with Crippen LogP contribution in [0.1, 0.15) is 16.3 Å². The zero-order valence-corrected chi connectivity index (χ0v) is 10.9. The molecule has 0 saturated heterocycles. The summed E-state index contributed by atoms with van der Waals surface area (Å²) in [5, 5.41) is 3.06. The average molecular weight is 255 g/mol. The number of para-hydroxylation sites is 1. The number of thiophene rings is 1. The average Bonchev–Trinajstić information content (AvgIpc) is 2.75. The van der Waals surface area contributed by atoms with Crippen molar-refractivity contribution in [2.45, 2.75) is 13.3 Å². The molecule has 0 bridgehead atoms. The number of nitrogens with two attached hydrogens (primary N) is 1. The van der Waals surface area contributed by atoms with Gasteiger partial charge in [0, 0.05) is 16.7 Å². The van der Waals surface area contributed by atoms with Gasteiger partial charge in [0.1, 0.15) is 11.6 Å². The fraction of sp³-hybridized carbons (Fsp3) is 0.143. The van der Waals surface area contributed by atoms with E-state index in [0.29, 0.717) is 5.82 Å². The maximum absolute atomic E-state index is 5.97. The Bertz CT molecular complexity index is 703. The molecule has 2 aromatic heterocycles. The molecule has 0 radical (unpaired) electrons. The van der Waals surface area contributed by atoms with Crippen LogP contribution in [-0.4, -0.2) is 9.97 Å². The molecule has 0 aliphatic rings. The number of nitrogens with zero attached hydrogens (tertiary/aromatic N) is 2. The Morgan fingerprint density at radius 3 is 2.83 bits per heavy atom. The van der Waals surface area contributed by atoms with Crippen molar-refractivity contribution in [1.82, 2.24) is 9.97 Å². The molecule has 0 aliphatic heterocycles. The molecule has 0 amide bonds. The van der Waals surface area contributed by atoms with Gasteiger partial charge in [-0.2, -0.15) is 0 Å². The van der Waals surface area contributed by atoms with Gasteiger partial charge in [0.2, 0.25) is 0 Å². The molecule has 3 aromatic rings. The van der Waals surface area contributed by atoms with E-state index >= 15 is 0 Å². The van der Waals surface area contributed by atoms with E-state index in [1.807, 2.05) is 24.3 Å². The maximum Gasteiger partial charge on any atom is 0.136 e. The molecule has 0 unspecified atom stereocenters. The van der Waals surface area contributed by atoms with Crippen LogP contribution in [-0.2, 0) is 6.42 Å². The first kappa shape index (κ1) is 11.2. The lowest BCUT2D eigenvalue weighted by Gasteiger charge is -2.04. The Kier molecular flexibility index (Phi) is 2.72. The number of rotatable bonds is 2. The lowest BCUT2D eigenvalue weighted by atomic mass is 10.2. The highest BCUT2D eigenvalue weighted by Gasteiger charge is 2.06. The molecular weight excluding hydrogens is 242 g/mol. The highest BCUT2D eigenvalue weighted by atomic mass is 32.1. The van der Waals surface area contributed by atoms with Crippen LogP contribution >= 0.6 is 11.3 Å². The molecule has 18 heavy (non-hydrogen) atoms. The van der Waals surface area contributed by atoms with Crippen molar-refractivity contribution >= 4 is 28.1 Å². The zero-order valence-electron chi connectivity index (χ0n) is 10.1. The number of aryl methyl sites for hydroxylation is 1. The minimum atomic E-state index is 0.559. The van der Waals surface area contributed by atoms with E-state index < -0.39 is 0 Å². The smallest absolute Gasteiger partial charge is 0.136 e. The number of benzene rings is 1. The maximum atomic E-state index is 5.97. The summed E-state index contributed by atoms with van der Waals surface area (Å²) in [5.41, 5.74) is 8.16. The minimum Gasteiger partial charge on any atom is -0.383 e. The molecule has 0 saturated carbocycles. The lowest BCUT2D eigenvalue weighted by molar-refractivity contribution is 1.01. The van der Waals surface area contributed by atoms with E-state index in [1.165, 1.54) is 10.4 Å². The van der Waals surface area contributed by atoms with Crippen LogP contribution in [0.3, 0.4) is 0 Å².